The van der Waals surface area contributed by atoms with E-state index >= 15 is 0 Å². The maximum absolute atomic E-state index is 13.1. The van der Waals surface area contributed by atoms with Crippen molar-refractivity contribution in [2.75, 3.05) is 32.8 Å². The van der Waals surface area contributed by atoms with Crippen LogP contribution < -0.4 is 5.76 Å². The van der Waals surface area contributed by atoms with E-state index in [0.717, 1.165) is 6.42 Å². The summed E-state index contributed by atoms with van der Waals surface area (Å²) in [5.41, 5.74) is 0.737. The first-order valence-corrected chi connectivity index (χ1v) is 12.7. The number of fused-ring (bicyclic) bond motifs is 1. The average molecular weight is 480 g/mol. The van der Waals surface area contributed by atoms with Crippen molar-refractivity contribution in [2.24, 2.45) is 18.9 Å². The third-order valence-electron chi connectivity index (χ3n) is 6.56. The normalized spacial score (nSPS) is 20.8. The van der Waals surface area contributed by atoms with Crippen LogP contribution in [-0.2, 0) is 31.4 Å². The van der Waals surface area contributed by atoms with E-state index in [4.69, 9.17) is 9.15 Å². The van der Waals surface area contributed by atoms with Gasteiger partial charge in [-0.2, -0.15) is 4.31 Å². The van der Waals surface area contributed by atoms with Crippen LogP contribution in [0.1, 0.15) is 32.6 Å². The second-order valence-corrected chi connectivity index (χ2v) is 10.5. The Balaban J connectivity index is 1.40. The Morgan fingerprint density at radius 2 is 1.85 bits per heavy atom. The highest BCUT2D eigenvalue weighted by Crippen LogP contribution is 2.28. The predicted molar refractivity (Wildman–Crippen MR) is 119 cm³/mol. The van der Waals surface area contributed by atoms with Crippen LogP contribution in [0, 0.1) is 11.8 Å². The molecule has 1 unspecified atom stereocenters. The number of ether oxygens (including phenoxy) is 1. The van der Waals surface area contributed by atoms with Gasteiger partial charge in [0.2, 0.25) is 15.9 Å². The highest BCUT2D eigenvalue weighted by molar-refractivity contribution is 7.89. The van der Waals surface area contributed by atoms with Gasteiger partial charge in [-0.1, -0.05) is 0 Å². The first-order valence-electron chi connectivity index (χ1n) is 11.3. The molecule has 1 aromatic heterocycles. The summed E-state index contributed by atoms with van der Waals surface area (Å²) < 4.78 is 39.2. The van der Waals surface area contributed by atoms with Gasteiger partial charge in [0.05, 0.1) is 22.9 Å². The molecule has 1 amide bonds. The van der Waals surface area contributed by atoms with E-state index in [1.54, 1.807) is 24.9 Å². The summed E-state index contributed by atoms with van der Waals surface area (Å²) >= 11 is 0. The molecule has 2 fully saturated rings. The highest BCUT2D eigenvalue weighted by Gasteiger charge is 2.36. The molecule has 180 valence electrons. The van der Waals surface area contributed by atoms with Gasteiger partial charge in [0.15, 0.2) is 5.58 Å². The van der Waals surface area contributed by atoms with E-state index < -0.39 is 15.8 Å². The number of carbonyl (C=O) groups excluding carboxylic acids is 2. The van der Waals surface area contributed by atoms with Crippen molar-refractivity contribution in [3.63, 3.8) is 0 Å². The Bertz CT molecular complexity index is 1210. The number of rotatable bonds is 5. The number of piperidine rings is 2. The summed E-state index contributed by atoms with van der Waals surface area (Å²) in [5, 5.41) is 0. The Morgan fingerprint density at radius 1 is 1.12 bits per heavy atom. The SMILES string of the molecule is CCOC(=O)C1CCCN(C(=O)C2CCN(S(=O)(=O)c3ccc4c(c3)oc(=O)n4C)CC2)C1. The zero-order valence-corrected chi connectivity index (χ0v) is 19.7. The van der Waals surface area contributed by atoms with Crippen molar-refractivity contribution in [1.29, 1.82) is 0 Å². The maximum atomic E-state index is 13.1. The number of hydrogen-bond acceptors (Lipinski definition) is 7. The molecular weight excluding hydrogens is 450 g/mol. The number of esters is 1. The van der Waals surface area contributed by atoms with Crippen LogP contribution in [-0.4, -0.2) is 66.9 Å². The number of oxazole rings is 1. The molecule has 2 saturated heterocycles. The Morgan fingerprint density at radius 3 is 2.55 bits per heavy atom. The zero-order chi connectivity index (χ0) is 23.8. The number of benzene rings is 1. The van der Waals surface area contributed by atoms with Crippen LogP contribution in [0.4, 0.5) is 0 Å². The number of hydrogen-bond donors (Lipinski definition) is 0. The summed E-state index contributed by atoms with van der Waals surface area (Å²) in [6.07, 6.45) is 2.30. The maximum Gasteiger partial charge on any atom is 0.419 e. The molecule has 2 aromatic rings. The number of amides is 1. The molecule has 2 aliphatic heterocycles. The van der Waals surface area contributed by atoms with Gasteiger partial charge < -0.3 is 14.1 Å². The monoisotopic (exact) mass is 479 g/mol. The van der Waals surface area contributed by atoms with E-state index in [1.807, 2.05) is 0 Å². The highest BCUT2D eigenvalue weighted by atomic mass is 32.2. The Hall–Kier alpha value is -2.66. The zero-order valence-electron chi connectivity index (χ0n) is 18.9. The molecule has 0 bridgehead atoms. The molecule has 33 heavy (non-hydrogen) atoms. The van der Waals surface area contributed by atoms with E-state index in [9.17, 15) is 22.8 Å². The van der Waals surface area contributed by atoms with Gasteiger partial charge in [-0.05, 0) is 44.7 Å². The number of nitrogens with zero attached hydrogens (tertiary/aromatic N) is 3. The lowest BCUT2D eigenvalue weighted by Gasteiger charge is -2.36. The molecule has 0 saturated carbocycles. The summed E-state index contributed by atoms with van der Waals surface area (Å²) in [7, 11) is -2.22. The van der Waals surface area contributed by atoms with Crippen LogP contribution in [0.15, 0.2) is 32.3 Å². The van der Waals surface area contributed by atoms with E-state index in [-0.39, 0.29) is 47.3 Å². The number of aryl methyl sites for hydroxylation is 1. The molecule has 2 aliphatic rings. The fourth-order valence-electron chi connectivity index (χ4n) is 4.65. The molecule has 0 N–H and O–H groups in total. The predicted octanol–water partition coefficient (Wildman–Crippen LogP) is 1.33. The third-order valence-corrected chi connectivity index (χ3v) is 8.45. The Kier molecular flexibility index (Phi) is 6.62. The minimum absolute atomic E-state index is 0.0199. The second-order valence-electron chi connectivity index (χ2n) is 8.61. The standard InChI is InChI=1S/C22H29N3O7S/c1-3-31-21(27)16-5-4-10-24(14-16)20(26)15-8-11-25(12-9-15)33(29,30)17-6-7-18-19(13-17)32-22(28)23(18)2/h6-7,13,15-16H,3-5,8-12,14H2,1-2H3. The fraction of sp³-hybridized carbons (Fsp3) is 0.591. The number of aromatic nitrogens is 1. The fourth-order valence-corrected chi connectivity index (χ4v) is 6.14. The van der Waals surface area contributed by atoms with Crippen molar-refractivity contribution in [1.82, 2.24) is 13.8 Å². The summed E-state index contributed by atoms with van der Waals surface area (Å²) in [6, 6.07) is 4.39. The molecule has 0 radical (unpaired) electrons. The largest absolute Gasteiger partial charge is 0.466 e. The van der Waals surface area contributed by atoms with Crippen LogP contribution >= 0.6 is 0 Å². The lowest BCUT2D eigenvalue weighted by Crippen LogP contribution is -2.48. The van der Waals surface area contributed by atoms with Gasteiger partial charge in [0.25, 0.3) is 0 Å². The van der Waals surface area contributed by atoms with Crippen molar-refractivity contribution >= 4 is 33.0 Å². The molecule has 10 nitrogen and oxygen atoms in total. The van der Waals surface area contributed by atoms with Gasteiger partial charge in [-0.15, -0.1) is 0 Å². The van der Waals surface area contributed by atoms with Gasteiger partial charge in [0.1, 0.15) is 0 Å². The van der Waals surface area contributed by atoms with Crippen molar-refractivity contribution in [3.8, 4) is 0 Å². The summed E-state index contributed by atoms with van der Waals surface area (Å²) in [6.45, 7) is 3.50. The van der Waals surface area contributed by atoms with Crippen LogP contribution in [0.5, 0.6) is 0 Å². The summed E-state index contributed by atoms with van der Waals surface area (Å²) in [4.78, 5) is 38.6. The molecule has 1 atom stereocenters. The Labute approximate surface area is 192 Å². The van der Waals surface area contributed by atoms with Gasteiger partial charge >= 0.3 is 11.7 Å². The molecule has 3 heterocycles. The van der Waals surface area contributed by atoms with E-state index in [0.29, 0.717) is 44.5 Å². The number of sulfonamides is 1. The molecule has 0 spiro atoms. The first kappa shape index (κ1) is 23.5. The molecular formula is C22H29N3O7S. The number of likely N-dealkylation sites (tertiary alicyclic amines) is 1. The minimum atomic E-state index is -3.78. The summed E-state index contributed by atoms with van der Waals surface area (Å²) in [5.74, 6) is -1.40. The first-order chi connectivity index (χ1) is 15.7. The van der Waals surface area contributed by atoms with Crippen LogP contribution in [0.25, 0.3) is 11.1 Å². The molecule has 4 rings (SSSR count). The van der Waals surface area contributed by atoms with Crippen molar-refractivity contribution in [3.05, 3.63) is 28.7 Å². The second kappa shape index (κ2) is 9.30. The molecule has 11 heteroatoms. The minimum Gasteiger partial charge on any atom is -0.466 e. The van der Waals surface area contributed by atoms with Gasteiger partial charge in [0, 0.05) is 45.2 Å². The topological polar surface area (TPSA) is 119 Å². The quantitative estimate of drug-likeness (QED) is 0.594. The lowest BCUT2D eigenvalue weighted by molar-refractivity contribution is -0.152. The van der Waals surface area contributed by atoms with Crippen LogP contribution in [0.2, 0.25) is 0 Å². The smallest absolute Gasteiger partial charge is 0.419 e. The van der Waals surface area contributed by atoms with E-state index in [2.05, 4.69) is 0 Å². The van der Waals surface area contributed by atoms with Gasteiger partial charge in [-0.25, -0.2) is 13.2 Å². The van der Waals surface area contributed by atoms with Gasteiger partial charge in [-0.3, -0.25) is 14.2 Å². The molecule has 1 aromatic carbocycles. The number of carbonyl (C=O) groups is 2. The average Bonchev–Trinajstić information content (AvgIpc) is 3.11. The van der Waals surface area contributed by atoms with Crippen LogP contribution in [0.3, 0.4) is 0 Å². The van der Waals surface area contributed by atoms with Crippen molar-refractivity contribution in [2.45, 2.75) is 37.5 Å². The molecule has 0 aliphatic carbocycles. The third kappa shape index (κ3) is 4.56. The van der Waals surface area contributed by atoms with E-state index in [1.165, 1.54) is 21.0 Å². The van der Waals surface area contributed by atoms with Crippen molar-refractivity contribution < 1.29 is 27.2 Å². The lowest BCUT2D eigenvalue weighted by atomic mass is 9.93.